The number of carbonyl (C=O) groups is 1. The van der Waals surface area contributed by atoms with Crippen molar-refractivity contribution in [3.05, 3.63) is 30.1 Å². The molecule has 3 aliphatic heterocycles. The third-order valence-electron chi connectivity index (χ3n) is 4.97. The fraction of sp³-hybridized carbons (Fsp3) is 0.647. The summed E-state index contributed by atoms with van der Waals surface area (Å²) in [6, 6.07) is 6.15. The lowest BCUT2D eigenvalue weighted by Crippen LogP contribution is -2.63. The van der Waals surface area contributed by atoms with Crippen LogP contribution >= 0.6 is 11.8 Å². The molecule has 3 saturated heterocycles. The summed E-state index contributed by atoms with van der Waals surface area (Å²) >= 11 is 1.98. The number of rotatable bonds is 3. The van der Waals surface area contributed by atoms with Crippen molar-refractivity contribution in [1.82, 2.24) is 14.8 Å². The highest BCUT2D eigenvalue weighted by atomic mass is 32.2. The van der Waals surface area contributed by atoms with Crippen LogP contribution in [0.15, 0.2) is 24.4 Å². The fourth-order valence-electron chi connectivity index (χ4n) is 3.71. The number of amides is 2. The molecule has 3 fully saturated rings. The highest BCUT2D eigenvalue weighted by Crippen LogP contribution is 2.46. The number of thioether (sulfide) groups is 1. The molecule has 5 nitrogen and oxygen atoms in total. The van der Waals surface area contributed by atoms with Gasteiger partial charge in [0.05, 0.1) is 23.2 Å². The van der Waals surface area contributed by atoms with Crippen LogP contribution in [0, 0.1) is 0 Å². The molecule has 1 aromatic heterocycles. The summed E-state index contributed by atoms with van der Waals surface area (Å²) < 4.78 is 6.26. The molecule has 0 unspecified atom stereocenters. The van der Waals surface area contributed by atoms with Crippen LogP contribution in [0.1, 0.15) is 25.0 Å². The summed E-state index contributed by atoms with van der Waals surface area (Å²) in [6.45, 7) is 4.22. The van der Waals surface area contributed by atoms with Crippen LogP contribution in [0.25, 0.3) is 0 Å². The molecule has 0 aromatic carbocycles. The standard InChI is InChI=1S/C17H23N3O2S/c21-16(19-7-3-4-8-19)20-12-17(13-20)9-15(11-23-17)22-10-14-5-1-2-6-18-14/h1-2,5-6,15H,3-4,7-13H2/t15-/m1/s1. The van der Waals surface area contributed by atoms with Crippen molar-refractivity contribution >= 4 is 17.8 Å². The Morgan fingerprint density at radius 1 is 1.30 bits per heavy atom. The molecular formula is C17H23N3O2S. The van der Waals surface area contributed by atoms with E-state index in [0.717, 1.165) is 56.9 Å². The van der Waals surface area contributed by atoms with E-state index in [1.54, 1.807) is 6.20 Å². The maximum Gasteiger partial charge on any atom is 0.320 e. The highest BCUT2D eigenvalue weighted by Gasteiger charge is 2.51. The number of carbonyl (C=O) groups excluding carboxylic acids is 1. The number of hydrogen-bond donors (Lipinski definition) is 0. The van der Waals surface area contributed by atoms with Crippen LogP contribution in [0.2, 0.25) is 0 Å². The summed E-state index contributed by atoms with van der Waals surface area (Å²) in [7, 11) is 0. The average molecular weight is 333 g/mol. The molecule has 1 aromatic rings. The third-order valence-corrected chi connectivity index (χ3v) is 6.55. The van der Waals surface area contributed by atoms with Crippen molar-refractivity contribution in [3.63, 3.8) is 0 Å². The van der Waals surface area contributed by atoms with Crippen LogP contribution in [-0.4, -0.2) is 63.6 Å². The molecule has 0 saturated carbocycles. The maximum atomic E-state index is 12.4. The van der Waals surface area contributed by atoms with Crippen LogP contribution in [0.5, 0.6) is 0 Å². The lowest BCUT2D eigenvalue weighted by molar-refractivity contribution is 0.0304. The van der Waals surface area contributed by atoms with Gasteiger partial charge >= 0.3 is 6.03 Å². The van der Waals surface area contributed by atoms with E-state index in [0.29, 0.717) is 6.61 Å². The number of ether oxygens (including phenoxy) is 1. The molecule has 0 radical (unpaired) electrons. The first-order chi connectivity index (χ1) is 11.2. The van der Waals surface area contributed by atoms with E-state index in [4.69, 9.17) is 4.74 Å². The maximum absolute atomic E-state index is 12.4. The molecule has 0 N–H and O–H groups in total. The van der Waals surface area contributed by atoms with Crippen LogP contribution in [-0.2, 0) is 11.3 Å². The summed E-state index contributed by atoms with van der Waals surface area (Å²) in [5.41, 5.74) is 0.984. The topological polar surface area (TPSA) is 45.7 Å². The Labute approximate surface area is 141 Å². The second kappa shape index (κ2) is 6.32. The second-order valence-electron chi connectivity index (χ2n) is 6.79. The van der Waals surface area contributed by atoms with Gasteiger partial charge in [-0.25, -0.2) is 4.79 Å². The first-order valence-corrected chi connectivity index (χ1v) is 9.42. The number of hydrogen-bond acceptors (Lipinski definition) is 4. The Kier molecular flexibility index (Phi) is 4.20. The minimum Gasteiger partial charge on any atom is -0.371 e. The van der Waals surface area contributed by atoms with Crippen LogP contribution in [0.3, 0.4) is 0 Å². The number of aromatic nitrogens is 1. The summed E-state index contributed by atoms with van der Waals surface area (Å²) in [5, 5.41) is 0. The molecule has 3 aliphatic rings. The Bertz CT molecular complexity index is 556. The number of nitrogens with zero attached hydrogens (tertiary/aromatic N) is 3. The van der Waals surface area contributed by atoms with Crippen molar-refractivity contribution in [3.8, 4) is 0 Å². The average Bonchev–Trinajstić information content (AvgIpc) is 3.22. The smallest absolute Gasteiger partial charge is 0.320 e. The van der Waals surface area contributed by atoms with Gasteiger partial charge in [0.2, 0.25) is 0 Å². The third kappa shape index (κ3) is 3.19. The van der Waals surface area contributed by atoms with Crippen LogP contribution in [0.4, 0.5) is 4.79 Å². The minimum absolute atomic E-state index is 0.240. The lowest BCUT2D eigenvalue weighted by Gasteiger charge is -2.48. The Morgan fingerprint density at radius 3 is 2.87 bits per heavy atom. The van der Waals surface area contributed by atoms with Gasteiger partial charge in [-0.2, -0.15) is 0 Å². The monoisotopic (exact) mass is 333 g/mol. The van der Waals surface area contributed by atoms with E-state index in [-0.39, 0.29) is 16.9 Å². The zero-order chi connectivity index (χ0) is 15.7. The van der Waals surface area contributed by atoms with Crippen molar-refractivity contribution in [1.29, 1.82) is 0 Å². The van der Waals surface area contributed by atoms with Gasteiger partial charge in [-0.05, 0) is 31.4 Å². The molecule has 23 heavy (non-hydrogen) atoms. The normalized spacial score (nSPS) is 25.8. The predicted octanol–water partition coefficient (Wildman–Crippen LogP) is 2.37. The van der Waals surface area contributed by atoms with Gasteiger partial charge in [0, 0.05) is 38.1 Å². The van der Waals surface area contributed by atoms with E-state index >= 15 is 0 Å². The zero-order valence-corrected chi connectivity index (χ0v) is 14.1. The van der Waals surface area contributed by atoms with E-state index < -0.39 is 0 Å². The SMILES string of the molecule is O=C(N1CCCC1)N1CC2(C[C@@H](OCc3ccccn3)CS2)C1. The fourth-order valence-corrected chi connectivity index (χ4v) is 5.26. The number of urea groups is 1. The van der Waals surface area contributed by atoms with Gasteiger partial charge in [0.15, 0.2) is 0 Å². The van der Waals surface area contributed by atoms with E-state index in [1.807, 2.05) is 39.8 Å². The quantitative estimate of drug-likeness (QED) is 0.852. The molecule has 6 heteroatoms. The van der Waals surface area contributed by atoms with Gasteiger partial charge in [-0.3, -0.25) is 4.98 Å². The second-order valence-corrected chi connectivity index (χ2v) is 8.27. The lowest BCUT2D eigenvalue weighted by atomic mass is 9.93. The highest BCUT2D eigenvalue weighted by molar-refractivity contribution is 8.01. The number of likely N-dealkylation sites (tertiary alicyclic amines) is 2. The Hall–Kier alpha value is -1.27. The van der Waals surface area contributed by atoms with Crippen molar-refractivity contribution in [2.24, 2.45) is 0 Å². The molecular weight excluding hydrogens is 310 g/mol. The molecule has 0 aliphatic carbocycles. The summed E-state index contributed by atoms with van der Waals surface area (Å²) in [5.74, 6) is 1.03. The summed E-state index contributed by atoms with van der Waals surface area (Å²) in [6.07, 6.45) is 5.45. The Morgan fingerprint density at radius 2 is 2.13 bits per heavy atom. The zero-order valence-electron chi connectivity index (χ0n) is 13.3. The largest absolute Gasteiger partial charge is 0.371 e. The van der Waals surface area contributed by atoms with Gasteiger partial charge in [0.1, 0.15) is 0 Å². The van der Waals surface area contributed by atoms with Gasteiger partial charge in [-0.1, -0.05) is 6.07 Å². The van der Waals surface area contributed by atoms with Crippen molar-refractivity contribution < 1.29 is 9.53 Å². The molecule has 2 amide bonds. The molecule has 0 bridgehead atoms. The van der Waals surface area contributed by atoms with E-state index in [1.165, 1.54) is 0 Å². The molecule has 1 spiro atoms. The minimum atomic E-state index is 0.240. The Balaban J connectivity index is 1.24. The predicted molar refractivity (Wildman–Crippen MR) is 90.4 cm³/mol. The molecule has 124 valence electrons. The van der Waals surface area contributed by atoms with Crippen LogP contribution < -0.4 is 0 Å². The van der Waals surface area contributed by atoms with Gasteiger partial charge in [-0.15, -0.1) is 11.8 Å². The van der Waals surface area contributed by atoms with Gasteiger partial charge < -0.3 is 14.5 Å². The first-order valence-electron chi connectivity index (χ1n) is 8.43. The van der Waals surface area contributed by atoms with Gasteiger partial charge in [0.25, 0.3) is 0 Å². The van der Waals surface area contributed by atoms with E-state index in [9.17, 15) is 4.79 Å². The summed E-state index contributed by atoms with van der Waals surface area (Å²) in [4.78, 5) is 20.7. The number of pyridine rings is 1. The molecule has 1 atom stereocenters. The van der Waals surface area contributed by atoms with Crippen molar-refractivity contribution in [2.75, 3.05) is 31.9 Å². The van der Waals surface area contributed by atoms with Crippen molar-refractivity contribution in [2.45, 2.75) is 36.7 Å². The first kappa shape index (κ1) is 15.3. The van der Waals surface area contributed by atoms with E-state index in [2.05, 4.69) is 4.98 Å². The molecule has 4 rings (SSSR count). The molecule has 4 heterocycles.